The van der Waals surface area contributed by atoms with E-state index in [-0.39, 0.29) is 25.9 Å². The van der Waals surface area contributed by atoms with Crippen molar-refractivity contribution in [3.8, 4) is 0 Å². The zero-order valence-electron chi connectivity index (χ0n) is 48.1. The molecule has 1 saturated heterocycles. The van der Waals surface area contributed by atoms with E-state index >= 15 is 0 Å². The summed E-state index contributed by atoms with van der Waals surface area (Å²) in [5.74, 6) is -3.11. The normalized spacial score (nSPS) is 18.3. The summed E-state index contributed by atoms with van der Waals surface area (Å²) in [7, 11) is 0. The molecule has 6 unspecified atom stereocenters. The SMILES string of the molecule is CCCCC/C=C\C/C=C\CCCCCCCCCCCC(=O)OC1C(OCC(COC(=O)CCCCCCC/C=C\CCCCCCCC)OC(=O)CCCCCCCCCCCCC)OC(C(=O)O)C(O)C1O. The van der Waals surface area contributed by atoms with Crippen LogP contribution in [0.4, 0.5) is 0 Å². The lowest BCUT2D eigenvalue weighted by atomic mass is 9.98. The van der Waals surface area contributed by atoms with Crippen molar-refractivity contribution < 1.29 is 58.2 Å². The Bertz CT molecular complexity index is 1450. The Labute approximate surface area is 457 Å². The average molecular weight is 1060 g/mol. The number of allylic oxidation sites excluding steroid dienone is 6. The number of aliphatic hydroxyl groups is 2. The van der Waals surface area contributed by atoms with Gasteiger partial charge in [-0.2, -0.15) is 0 Å². The summed E-state index contributed by atoms with van der Waals surface area (Å²) in [4.78, 5) is 51.1. The van der Waals surface area contributed by atoms with Gasteiger partial charge in [-0.25, -0.2) is 4.79 Å². The number of esters is 3. The Morgan fingerprint density at radius 2 is 0.800 bits per heavy atom. The maximum atomic E-state index is 13.1. The summed E-state index contributed by atoms with van der Waals surface area (Å²) in [6.07, 6.45) is 48.2. The predicted molar refractivity (Wildman–Crippen MR) is 303 cm³/mol. The van der Waals surface area contributed by atoms with Crippen molar-refractivity contribution in [1.82, 2.24) is 0 Å². The number of hydrogen-bond acceptors (Lipinski definition) is 11. The van der Waals surface area contributed by atoms with Gasteiger partial charge in [0.1, 0.15) is 18.8 Å². The third-order valence-corrected chi connectivity index (χ3v) is 14.2. The predicted octanol–water partition coefficient (Wildman–Crippen LogP) is 16.0. The summed E-state index contributed by atoms with van der Waals surface area (Å²) >= 11 is 0. The van der Waals surface area contributed by atoms with Crippen LogP contribution in [0.25, 0.3) is 0 Å². The zero-order valence-corrected chi connectivity index (χ0v) is 48.1. The van der Waals surface area contributed by atoms with E-state index in [4.69, 9.17) is 23.7 Å². The van der Waals surface area contributed by atoms with Crippen LogP contribution in [-0.2, 0) is 42.9 Å². The molecule has 0 spiro atoms. The van der Waals surface area contributed by atoms with Gasteiger partial charge in [0.05, 0.1) is 6.61 Å². The minimum absolute atomic E-state index is 0.0580. The molecule has 1 heterocycles. The number of carbonyl (C=O) groups is 4. The van der Waals surface area contributed by atoms with Gasteiger partial charge in [-0.1, -0.05) is 231 Å². The molecule has 436 valence electrons. The number of carboxylic acids is 1. The molecule has 12 nitrogen and oxygen atoms in total. The second-order valence-electron chi connectivity index (χ2n) is 21.3. The van der Waals surface area contributed by atoms with Gasteiger partial charge in [0.25, 0.3) is 0 Å². The van der Waals surface area contributed by atoms with Crippen LogP contribution < -0.4 is 0 Å². The second-order valence-corrected chi connectivity index (χ2v) is 21.3. The third-order valence-electron chi connectivity index (χ3n) is 14.2. The van der Waals surface area contributed by atoms with E-state index in [1.807, 2.05) is 0 Å². The molecule has 12 heteroatoms. The highest BCUT2D eigenvalue weighted by atomic mass is 16.7. The first-order valence-corrected chi connectivity index (χ1v) is 31.0. The van der Waals surface area contributed by atoms with Crippen molar-refractivity contribution in [2.75, 3.05) is 13.2 Å². The van der Waals surface area contributed by atoms with E-state index in [2.05, 4.69) is 57.2 Å². The number of ether oxygens (including phenoxy) is 5. The topological polar surface area (TPSA) is 175 Å². The van der Waals surface area contributed by atoms with Crippen molar-refractivity contribution >= 4 is 23.9 Å². The Balaban J connectivity index is 2.64. The number of unbranched alkanes of at least 4 members (excludes halogenated alkanes) is 33. The molecular weight excluding hydrogens is 949 g/mol. The lowest BCUT2D eigenvalue weighted by molar-refractivity contribution is -0.301. The van der Waals surface area contributed by atoms with Crippen LogP contribution in [0.2, 0.25) is 0 Å². The molecule has 1 aliphatic heterocycles. The molecule has 0 aromatic rings. The third kappa shape index (κ3) is 41.7. The fourth-order valence-corrected chi connectivity index (χ4v) is 9.39. The summed E-state index contributed by atoms with van der Waals surface area (Å²) in [6.45, 7) is 5.97. The zero-order chi connectivity index (χ0) is 54.7. The van der Waals surface area contributed by atoms with Gasteiger partial charge in [0.2, 0.25) is 0 Å². The van der Waals surface area contributed by atoms with Crippen molar-refractivity contribution in [2.45, 2.75) is 327 Å². The molecule has 0 aliphatic carbocycles. The first kappa shape index (κ1) is 70.0. The molecule has 6 atom stereocenters. The highest BCUT2D eigenvalue weighted by Crippen LogP contribution is 2.27. The Hall–Kier alpha value is -3.06. The molecule has 0 aromatic heterocycles. The second kappa shape index (κ2) is 51.7. The van der Waals surface area contributed by atoms with Gasteiger partial charge in [-0.05, 0) is 77.0 Å². The molecule has 0 amide bonds. The van der Waals surface area contributed by atoms with Crippen LogP contribution in [-0.4, -0.2) is 89.2 Å². The molecule has 1 aliphatic rings. The molecule has 0 aromatic carbocycles. The van der Waals surface area contributed by atoms with Crippen LogP contribution in [0, 0.1) is 0 Å². The lowest BCUT2D eigenvalue weighted by Crippen LogP contribution is -2.61. The van der Waals surface area contributed by atoms with Crippen molar-refractivity contribution in [3.05, 3.63) is 36.5 Å². The maximum absolute atomic E-state index is 13.1. The molecule has 75 heavy (non-hydrogen) atoms. The van der Waals surface area contributed by atoms with Gasteiger partial charge < -0.3 is 39.0 Å². The Morgan fingerprint density at radius 3 is 1.24 bits per heavy atom. The van der Waals surface area contributed by atoms with E-state index < -0.39 is 67.3 Å². The largest absolute Gasteiger partial charge is 0.479 e. The number of aliphatic carboxylic acids is 1. The summed E-state index contributed by atoms with van der Waals surface area (Å²) < 4.78 is 28.5. The van der Waals surface area contributed by atoms with Crippen LogP contribution in [0.5, 0.6) is 0 Å². The van der Waals surface area contributed by atoms with E-state index in [0.29, 0.717) is 19.3 Å². The molecule has 1 rings (SSSR count). The molecule has 1 fully saturated rings. The number of aliphatic hydroxyl groups excluding tert-OH is 2. The van der Waals surface area contributed by atoms with Crippen LogP contribution in [0.1, 0.15) is 290 Å². The quantitative estimate of drug-likeness (QED) is 0.0228. The number of hydrogen-bond donors (Lipinski definition) is 3. The summed E-state index contributed by atoms with van der Waals surface area (Å²) in [5, 5.41) is 31.5. The average Bonchev–Trinajstić information content (AvgIpc) is 3.39. The minimum atomic E-state index is -1.90. The van der Waals surface area contributed by atoms with Gasteiger partial charge in [0.15, 0.2) is 24.6 Å². The van der Waals surface area contributed by atoms with E-state index in [0.717, 1.165) is 96.3 Å². The first-order chi connectivity index (χ1) is 36.6. The van der Waals surface area contributed by atoms with Crippen molar-refractivity contribution in [3.63, 3.8) is 0 Å². The highest BCUT2D eigenvalue weighted by Gasteiger charge is 2.50. The minimum Gasteiger partial charge on any atom is -0.479 e. The fourth-order valence-electron chi connectivity index (χ4n) is 9.39. The van der Waals surface area contributed by atoms with Crippen molar-refractivity contribution in [1.29, 1.82) is 0 Å². The van der Waals surface area contributed by atoms with Gasteiger partial charge in [-0.3, -0.25) is 14.4 Å². The Morgan fingerprint density at radius 1 is 0.440 bits per heavy atom. The standard InChI is InChI=1S/C63H112O12/c1-4-7-10-13-16-19-22-24-26-27-28-29-31-33-36-39-42-45-48-51-57(66)74-61-59(68)58(67)60(62(69)70)75-63(61)72-53-54(73-56(65)50-47-44-41-38-34-21-18-15-12-9-6-3)52-71-55(64)49-46-43-40-37-35-32-30-25-23-20-17-14-11-8-5-2/h16,19,24-26,30,54,58-61,63,67-68H,4-15,17-18,20-23,27-29,31-53H2,1-3H3,(H,69,70)/b19-16-,26-24-,30-25-. The van der Waals surface area contributed by atoms with E-state index in [1.165, 1.54) is 135 Å². The molecule has 3 N–H and O–H groups in total. The highest BCUT2D eigenvalue weighted by molar-refractivity contribution is 5.74. The van der Waals surface area contributed by atoms with Crippen molar-refractivity contribution in [2.24, 2.45) is 0 Å². The number of carboxylic acid groups (broad SMARTS) is 1. The number of carbonyl (C=O) groups excluding carboxylic acids is 3. The Kier molecular flexibility index (Phi) is 48.2. The smallest absolute Gasteiger partial charge is 0.335 e. The maximum Gasteiger partial charge on any atom is 0.335 e. The van der Waals surface area contributed by atoms with E-state index in [9.17, 15) is 34.5 Å². The molecule has 0 bridgehead atoms. The number of rotatable bonds is 53. The fraction of sp³-hybridized carbons (Fsp3) is 0.841. The molecule has 0 radical (unpaired) electrons. The molecular formula is C63H112O12. The first-order valence-electron chi connectivity index (χ1n) is 31.0. The van der Waals surface area contributed by atoms with Gasteiger partial charge >= 0.3 is 23.9 Å². The van der Waals surface area contributed by atoms with Gasteiger partial charge in [0, 0.05) is 19.3 Å². The lowest BCUT2D eigenvalue weighted by Gasteiger charge is -2.40. The summed E-state index contributed by atoms with van der Waals surface area (Å²) in [5.41, 5.74) is 0. The monoisotopic (exact) mass is 1060 g/mol. The van der Waals surface area contributed by atoms with E-state index in [1.54, 1.807) is 0 Å². The van der Waals surface area contributed by atoms with Gasteiger partial charge in [-0.15, -0.1) is 0 Å². The molecule has 0 saturated carbocycles. The van der Waals surface area contributed by atoms with Crippen LogP contribution in [0.3, 0.4) is 0 Å². The van der Waals surface area contributed by atoms with Crippen LogP contribution >= 0.6 is 0 Å². The van der Waals surface area contributed by atoms with Crippen LogP contribution in [0.15, 0.2) is 36.5 Å². The summed E-state index contributed by atoms with van der Waals surface area (Å²) in [6, 6.07) is 0.